The van der Waals surface area contributed by atoms with E-state index in [1.165, 1.54) is 18.2 Å². The molecule has 1 aliphatic rings. The van der Waals surface area contributed by atoms with Crippen LogP contribution in [0, 0.1) is 5.82 Å². The van der Waals surface area contributed by atoms with Crippen molar-refractivity contribution in [2.75, 3.05) is 4.31 Å². The molecule has 2 N–H and O–H groups in total. The van der Waals surface area contributed by atoms with Crippen molar-refractivity contribution in [2.24, 2.45) is 5.73 Å². The van der Waals surface area contributed by atoms with Crippen LogP contribution in [0.4, 0.5) is 10.1 Å². The Morgan fingerprint density at radius 2 is 1.77 bits per heavy atom. The number of nitrogens with two attached hydrogens (primary N) is 1. The van der Waals surface area contributed by atoms with Gasteiger partial charge in [-0.3, -0.25) is 9.10 Å². The van der Waals surface area contributed by atoms with Gasteiger partial charge in [-0.1, -0.05) is 30.3 Å². The number of hydrogen-bond acceptors (Lipinski definition) is 3. The lowest BCUT2D eigenvalue weighted by Crippen LogP contribution is -2.46. The molecule has 114 valence electrons. The standard InChI is InChI=1S/C15H13FN2O3S/c16-11-6-2-4-8-14(11)22(20,21)18-12-7-3-1-5-10(12)9-13(18)15(17)19/h1-8,13H,9H2,(H2,17,19). The van der Waals surface area contributed by atoms with Crippen LogP contribution in [0.25, 0.3) is 0 Å². The molecule has 0 saturated carbocycles. The summed E-state index contributed by atoms with van der Waals surface area (Å²) in [5.74, 6) is -1.63. The van der Waals surface area contributed by atoms with Gasteiger partial charge in [0.05, 0.1) is 5.69 Å². The fraction of sp³-hybridized carbons (Fsp3) is 0.133. The van der Waals surface area contributed by atoms with Crippen molar-refractivity contribution in [1.82, 2.24) is 0 Å². The van der Waals surface area contributed by atoms with Crippen LogP contribution in [0.1, 0.15) is 5.56 Å². The summed E-state index contributed by atoms with van der Waals surface area (Å²) in [5.41, 5.74) is 6.38. The Hall–Kier alpha value is -2.41. The van der Waals surface area contributed by atoms with E-state index in [-0.39, 0.29) is 6.42 Å². The van der Waals surface area contributed by atoms with E-state index >= 15 is 0 Å². The molecule has 7 heteroatoms. The number of benzene rings is 2. The van der Waals surface area contributed by atoms with Crippen LogP contribution >= 0.6 is 0 Å². The highest BCUT2D eigenvalue weighted by molar-refractivity contribution is 7.93. The summed E-state index contributed by atoms with van der Waals surface area (Å²) in [5, 5.41) is 0. The number of rotatable bonds is 3. The predicted molar refractivity (Wildman–Crippen MR) is 79.2 cm³/mol. The first-order valence-corrected chi connectivity index (χ1v) is 8.03. The number of carbonyl (C=O) groups excluding carboxylic acids is 1. The zero-order valence-corrected chi connectivity index (χ0v) is 12.3. The van der Waals surface area contributed by atoms with E-state index in [4.69, 9.17) is 5.73 Å². The van der Waals surface area contributed by atoms with E-state index in [1.807, 2.05) is 0 Å². The van der Waals surface area contributed by atoms with E-state index in [0.717, 1.165) is 10.4 Å². The number of nitrogens with zero attached hydrogens (tertiary/aromatic N) is 1. The summed E-state index contributed by atoms with van der Waals surface area (Å²) < 4.78 is 40.5. The Morgan fingerprint density at radius 3 is 2.45 bits per heavy atom. The number of amides is 1. The summed E-state index contributed by atoms with van der Waals surface area (Å²) in [6.07, 6.45) is 0.180. The second-order valence-electron chi connectivity index (χ2n) is 4.98. The number of halogens is 1. The minimum atomic E-state index is -4.22. The number of fused-ring (bicyclic) bond motifs is 1. The molecule has 2 aromatic carbocycles. The quantitative estimate of drug-likeness (QED) is 0.929. The number of primary amides is 1. The van der Waals surface area contributed by atoms with Crippen molar-refractivity contribution in [2.45, 2.75) is 17.4 Å². The number of anilines is 1. The van der Waals surface area contributed by atoms with E-state index in [2.05, 4.69) is 0 Å². The fourth-order valence-electron chi connectivity index (χ4n) is 2.63. The monoisotopic (exact) mass is 320 g/mol. The number of carbonyl (C=O) groups is 1. The molecule has 1 heterocycles. The molecular weight excluding hydrogens is 307 g/mol. The van der Waals surface area contributed by atoms with E-state index in [0.29, 0.717) is 11.3 Å². The largest absolute Gasteiger partial charge is 0.368 e. The van der Waals surface area contributed by atoms with Gasteiger partial charge in [-0.25, -0.2) is 12.8 Å². The molecule has 0 saturated heterocycles. The van der Waals surface area contributed by atoms with E-state index in [9.17, 15) is 17.6 Å². The van der Waals surface area contributed by atoms with Gasteiger partial charge in [0.15, 0.2) is 0 Å². The van der Waals surface area contributed by atoms with Gasteiger partial charge in [-0.05, 0) is 23.8 Å². The first-order valence-electron chi connectivity index (χ1n) is 6.59. The smallest absolute Gasteiger partial charge is 0.267 e. The van der Waals surface area contributed by atoms with Crippen LogP contribution in [-0.4, -0.2) is 20.4 Å². The normalized spacial score (nSPS) is 17.3. The Labute approximate surface area is 127 Å². The molecule has 1 unspecified atom stereocenters. The zero-order valence-electron chi connectivity index (χ0n) is 11.4. The minimum absolute atomic E-state index is 0.180. The average Bonchev–Trinajstić information content (AvgIpc) is 2.88. The molecule has 2 aromatic rings. The maximum absolute atomic E-state index is 13.9. The Morgan fingerprint density at radius 1 is 1.14 bits per heavy atom. The van der Waals surface area contributed by atoms with Crippen molar-refractivity contribution in [3.63, 3.8) is 0 Å². The summed E-state index contributed by atoms with van der Waals surface area (Å²) in [7, 11) is -4.22. The highest BCUT2D eigenvalue weighted by Crippen LogP contribution is 2.37. The molecule has 0 fully saturated rings. The fourth-order valence-corrected chi connectivity index (χ4v) is 4.36. The lowest BCUT2D eigenvalue weighted by atomic mass is 10.1. The molecule has 0 aliphatic carbocycles. The highest BCUT2D eigenvalue weighted by Gasteiger charge is 2.42. The average molecular weight is 320 g/mol. The summed E-state index contributed by atoms with van der Waals surface area (Å²) in [6, 6.07) is 10.7. The second kappa shape index (κ2) is 5.10. The molecule has 22 heavy (non-hydrogen) atoms. The van der Waals surface area contributed by atoms with Crippen molar-refractivity contribution in [3.05, 3.63) is 59.9 Å². The van der Waals surface area contributed by atoms with Gasteiger partial charge >= 0.3 is 0 Å². The van der Waals surface area contributed by atoms with Crippen molar-refractivity contribution >= 4 is 21.6 Å². The van der Waals surface area contributed by atoms with Crippen molar-refractivity contribution < 1.29 is 17.6 Å². The topological polar surface area (TPSA) is 80.5 Å². The lowest BCUT2D eigenvalue weighted by Gasteiger charge is -2.25. The van der Waals surface area contributed by atoms with E-state index < -0.39 is 32.7 Å². The Bertz CT molecular complexity index is 851. The third-order valence-corrected chi connectivity index (χ3v) is 5.48. The highest BCUT2D eigenvalue weighted by atomic mass is 32.2. The minimum Gasteiger partial charge on any atom is -0.368 e. The molecule has 0 bridgehead atoms. The number of hydrogen-bond donors (Lipinski definition) is 1. The predicted octanol–water partition coefficient (Wildman–Crippen LogP) is 1.43. The molecule has 0 spiro atoms. The van der Waals surface area contributed by atoms with Gasteiger partial charge < -0.3 is 5.73 Å². The molecule has 0 aromatic heterocycles. The SMILES string of the molecule is NC(=O)C1Cc2ccccc2N1S(=O)(=O)c1ccccc1F. The first kappa shape index (κ1) is 14.5. The van der Waals surface area contributed by atoms with Crippen LogP contribution in [-0.2, 0) is 21.2 Å². The number of sulfonamides is 1. The maximum atomic E-state index is 13.9. The van der Waals surface area contributed by atoms with Gasteiger partial charge in [0, 0.05) is 6.42 Å². The van der Waals surface area contributed by atoms with Crippen LogP contribution in [0.2, 0.25) is 0 Å². The molecule has 3 rings (SSSR count). The second-order valence-corrected chi connectivity index (χ2v) is 6.77. The number of para-hydroxylation sites is 1. The lowest BCUT2D eigenvalue weighted by molar-refractivity contribution is -0.118. The Balaban J connectivity index is 2.20. The van der Waals surface area contributed by atoms with Crippen LogP contribution in [0.3, 0.4) is 0 Å². The maximum Gasteiger partial charge on any atom is 0.267 e. The Kier molecular flexibility index (Phi) is 3.37. The first-order chi connectivity index (χ1) is 10.4. The molecule has 1 atom stereocenters. The molecule has 1 aliphatic heterocycles. The van der Waals surface area contributed by atoms with Crippen LogP contribution in [0.15, 0.2) is 53.4 Å². The summed E-state index contributed by atoms with van der Waals surface area (Å²) in [4.78, 5) is 11.2. The van der Waals surface area contributed by atoms with Crippen LogP contribution in [0.5, 0.6) is 0 Å². The van der Waals surface area contributed by atoms with Crippen molar-refractivity contribution in [3.8, 4) is 0 Å². The van der Waals surface area contributed by atoms with Gasteiger partial charge in [0.2, 0.25) is 5.91 Å². The van der Waals surface area contributed by atoms with Gasteiger partial charge in [-0.2, -0.15) is 0 Å². The van der Waals surface area contributed by atoms with Gasteiger partial charge in [0.1, 0.15) is 16.8 Å². The molecule has 5 nitrogen and oxygen atoms in total. The van der Waals surface area contributed by atoms with E-state index in [1.54, 1.807) is 24.3 Å². The third kappa shape index (κ3) is 2.14. The molecule has 1 amide bonds. The summed E-state index contributed by atoms with van der Waals surface area (Å²) >= 11 is 0. The van der Waals surface area contributed by atoms with Gasteiger partial charge in [-0.15, -0.1) is 0 Å². The van der Waals surface area contributed by atoms with Crippen molar-refractivity contribution in [1.29, 1.82) is 0 Å². The molecular formula is C15H13FN2O3S. The van der Waals surface area contributed by atoms with Crippen LogP contribution < -0.4 is 10.0 Å². The molecule has 0 radical (unpaired) electrons. The zero-order chi connectivity index (χ0) is 15.9. The van der Waals surface area contributed by atoms with Gasteiger partial charge in [0.25, 0.3) is 10.0 Å². The third-order valence-electron chi connectivity index (χ3n) is 3.63. The summed E-state index contributed by atoms with van der Waals surface area (Å²) in [6.45, 7) is 0.